The number of sulfone groups is 1. The van der Waals surface area contributed by atoms with E-state index in [0.717, 1.165) is 22.5 Å². The second-order valence-corrected chi connectivity index (χ2v) is 11.2. The molecule has 0 saturated carbocycles. The average molecular weight is 511 g/mol. The van der Waals surface area contributed by atoms with Crippen LogP contribution in [0.5, 0.6) is 0 Å². The molecule has 0 bridgehead atoms. The number of nitrogens with zero attached hydrogens (tertiary/aromatic N) is 3. The SMILES string of the molecule is Cc1[nH]c(=O)[nH]c(=O)c1CSc1nnc(CNc2ccc3c(c2)CS(=O)(=O)C3)n1-c1ccccc1. The molecule has 0 radical (unpaired) electrons. The maximum absolute atomic E-state index is 12.2. The molecule has 0 spiro atoms. The van der Waals surface area contributed by atoms with Crippen molar-refractivity contribution in [3.05, 3.63) is 97.6 Å². The molecule has 12 heteroatoms. The van der Waals surface area contributed by atoms with Gasteiger partial charge in [0, 0.05) is 28.4 Å². The van der Waals surface area contributed by atoms with Crippen molar-refractivity contribution in [2.24, 2.45) is 0 Å². The van der Waals surface area contributed by atoms with Crippen LogP contribution in [0.3, 0.4) is 0 Å². The van der Waals surface area contributed by atoms with Crippen LogP contribution in [0.2, 0.25) is 0 Å². The minimum Gasteiger partial charge on any atom is -0.378 e. The maximum atomic E-state index is 12.2. The lowest BCUT2D eigenvalue weighted by molar-refractivity contribution is 0.598. The van der Waals surface area contributed by atoms with Gasteiger partial charge in [0.2, 0.25) is 0 Å². The van der Waals surface area contributed by atoms with Crippen LogP contribution in [-0.4, -0.2) is 33.2 Å². The van der Waals surface area contributed by atoms with Crippen molar-refractivity contribution in [2.45, 2.75) is 35.9 Å². The van der Waals surface area contributed by atoms with Crippen molar-refractivity contribution >= 4 is 27.3 Å². The second-order valence-electron chi connectivity index (χ2n) is 8.24. The highest BCUT2D eigenvalue weighted by Gasteiger charge is 2.24. The zero-order valence-corrected chi connectivity index (χ0v) is 20.4. The van der Waals surface area contributed by atoms with Gasteiger partial charge in [-0.05, 0) is 42.3 Å². The number of para-hydroxylation sites is 1. The van der Waals surface area contributed by atoms with Gasteiger partial charge in [0.1, 0.15) is 0 Å². The first-order valence-electron chi connectivity index (χ1n) is 10.8. The van der Waals surface area contributed by atoms with Gasteiger partial charge in [-0.3, -0.25) is 14.3 Å². The van der Waals surface area contributed by atoms with E-state index in [-0.39, 0.29) is 11.5 Å². The number of benzene rings is 2. The Morgan fingerprint density at radius 2 is 1.80 bits per heavy atom. The van der Waals surface area contributed by atoms with Gasteiger partial charge in [-0.1, -0.05) is 36.0 Å². The smallest absolute Gasteiger partial charge is 0.325 e. The van der Waals surface area contributed by atoms with Crippen LogP contribution in [0.15, 0.2) is 63.3 Å². The number of hydrogen-bond acceptors (Lipinski definition) is 8. The predicted molar refractivity (Wildman–Crippen MR) is 133 cm³/mol. The van der Waals surface area contributed by atoms with E-state index in [1.807, 2.05) is 53.1 Å². The van der Waals surface area contributed by atoms with E-state index in [1.54, 1.807) is 6.92 Å². The van der Waals surface area contributed by atoms with Crippen molar-refractivity contribution in [2.75, 3.05) is 5.32 Å². The first-order chi connectivity index (χ1) is 16.8. The Balaban J connectivity index is 1.40. The summed E-state index contributed by atoms with van der Waals surface area (Å²) in [6.45, 7) is 2.04. The van der Waals surface area contributed by atoms with Crippen molar-refractivity contribution in [3.63, 3.8) is 0 Å². The fourth-order valence-electron chi connectivity index (χ4n) is 4.00. The molecule has 2 aromatic heterocycles. The van der Waals surface area contributed by atoms with Crippen molar-refractivity contribution in [3.8, 4) is 5.69 Å². The van der Waals surface area contributed by atoms with Crippen LogP contribution in [0.25, 0.3) is 5.69 Å². The Morgan fingerprint density at radius 3 is 2.57 bits per heavy atom. The molecule has 2 aromatic carbocycles. The third kappa shape index (κ3) is 4.93. The zero-order chi connectivity index (χ0) is 24.6. The van der Waals surface area contributed by atoms with E-state index in [4.69, 9.17) is 0 Å². The van der Waals surface area contributed by atoms with Gasteiger partial charge in [0.15, 0.2) is 20.8 Å². The van der Waals surface area contributed by atoms with Gasteiger partial charge in [-0.25, -0.2) is 13.2 Å². The Hall–Kier alpha value is -3.64. The normalized spacial score (nSPS) is 14.1. The van der Waals surface area contributed by atoms with Crippen LogP contribution in [0.4, 0.5) is 5.69 Å². The molecular formula is C23H22N6O4S2. The van der Waals surface area contributed by atoms with Crippen LogP contribution >= 0.6 is 11.8 Å². The number of aromatic nitrogens is 5. The summed E-state index contributed by atoms with van der Waals surface area (Å²) in [7, 11) is -3.07. The Morgan fingerprint density at radius 1 is 1.03 bits per heavy atom. The number of thioether (sulfide) groups is 1. The molecule has 0 aliphatic carbocycles. The van der Waals surface area contributed by atoms with E-state index in [0.29, 0.717) is 34.5 Å². The van der Waals surface area contributed by atoms with Gasteiger partial charge in [0.05, 0.1) is 18.1 Å². The molecule has 0 atom stereocenters. The Kier molecular flexibility index (Phi) is 6.07. The number of rotatable bonds is 7. The van der Waals surface area contributed by atoms with E-state index in [9.17, 15) is 18.0 Å². The van der Waals surface area contributed by atoms with Gasteiger partial charge >= 0.3 is 5.69 Å². The second kappa shape index (κ2) is 9.19. The summed E-state index contributed by atoms with van der Waals surface area (Å²) in [4.78, 5) is 28.6. The molecule has 180 valence electrons. The van der Waals surface area contributed by atoms with Crippen LogP contribution in [-0.2, 0) is 33.6 Å². The molecule has 1 aliphatic heterocycles. The number of hydrogen-bond donors (Lipinski definition) is 3. The quantitative estimate of drug-likeness (QED) is 0.322. The van der Waals surface area contributed by atoms with Gasteiger partial charge < -0.3 is 10.3 Å². The zero-order valence-electron chi connectivity index (χ0n) is 18.7. The number of H-pyrrole nitrogens is 2. The van der Waals surface area contributed by atoms with Gasteiger partial charge in [-0.15, -0.1) is 10.2 Å². The minimum atomic E-state index is -3.07. The molecule has 0 saturated heterocycles. The predicted octanol–water partition coefficient (Wildman–Crippen LogP) is 2.29. The molecule has 4 aromatic rings. The van der Waals surface area contributed by atoms with Crippen LogP contribution in [0, 0.1) is 6.92 Å². The maximum Gasteiger partial charge on any atom is 0.325 e. The highest BCUT2D eigenvalue weighted by molar-refractivity contribution is 7.98. The number of anilines is 1. The summed E-state index contributed by atoms with van der Waals surface area (Å²) in [5.41, 5.74) is 3.34. The molecule has 35 heavy (non-hydrogen) atoms. The first kappa shape index (κ1) is 23.1. The third-order valence-electron chi connectivity index (χ3n) is 5.72. The van der Waals surface area contributed by atoms with Crippen LogP contribution in [0.1, 0.15) is 28.2 Å². The summed E-state index contributed by atoms with van der Waals surface area (Å²) in [6.07, 6.45) is 0. The number of aryl methyl sites for hydroxylation is 1. The largest absolute Gasteiger partial charge is 0.378 e. The Bertz CT molecular complexity index is 1620. The topological polar surface area (TPSA) is 143 Å². The number of nitrogens with one attached hydrogen (secondary N) is 3. The lowest BCUT2D eigenvalue weighted by atomic mass is 10.1. The molecule has 0 amide bonds. The molecule has 0 unspecified atom stereocenters. The summed E-state index contributed by atoms with van der Waals surface area (Å²) in [5.74, 6) is 1.10. The molecular weight excluding hydrogens is 488 g/mol. The summed E-state index contributed by atoms with van der Waals surface area (Å²) in [5, 5.41) is 12.6. The molecule has 0 fully saturated rings. The third-order valence-corrected chi connectivity index (χ3v) is 8.18. The highest BCUT2D eigenvalue weighted by Crippen LogP contribution is 2.29. The average Bonchev–Trinajstić information content (AvgIpc) is 3.35. The van der Waals surface area contributed by atoms with Gasteiger partial charge in [-0.2, -0.15) is 0 Å². The number of aromatic amines is 2. The van der Waals surface area contributed by atoms with Crippen molar-refractivity contribution in [1.29, 1.82) is 0 Å². The molecule has 10 nitrogen and oxygen atoms in total. The van der Waals surface area contributed by atoms with Crippen LogP contribution < -0.4 is 16.6 Å². The summed E-state index contributed by atoms with van der Waals surface area (Å²) in [6, 6.07) is 15.2. The molecule has 5 rings (SSSR count). The fourth-order valence-corrected chi connectivity index (χ4v) is 6.66. The lowest BCUT2D eigenvalue weighted by Gasteiger charge is -2.12. The standard InChI is InChI=1S/C23H22N6O4S2/c1-14-19(21(30)26-22(31)25-14)11-34-23-28-27-20(29(23)18-5-3-2-4-6-18)10-24-17-8-7-15-12-35(32,33)13-16(15)9-17/h2-9,24H,10-13H2,1H3,(H2,25,26,30,31). The summed E-state index contributed by atoms with van der Waals surface area (Å²) >= 11 is 1.34. The summed E-state index contributed by atoms with van der Waals surface area (Å²) < 4.78 is 25.8. The first-order valence-corrected chi connectivity index (χ1v) is 13.6. The lowest BCUT2D eigenvalue weighted by Crippen LogP contribution is -2.26. The van der Waals surface area contributed by atoms with E-state index in [2.05, 4.69) is 25.5 Å². The molecule has 3 heterocycles. The molecule has 3 N–H and O–H groups in total. The minimum absolute atomic E-state index is 0.0577. The van der Waals surface area contributed by atoms with E-state index in [1.165, 1.54) is 11.8 Å². The monoisotopic (exact) mass is 510 g/mol. The van der Waals surface area contributed by atoms with E-state index >= 15 is 0 Å². The number of fused-ring (bicyclic) bond motifs is 1. The van der Waals surface area contributed by atoms with Crippen molar-refractivity contribution < 1.29 is 8.42 Å². The van der Waals surface area contributed by atoms with Gasteiger partial charge in [0.25, 0.3) is 5.56 Å². The highest BCUT2D eigenvalue weighted by atomic mass is 32.2. The Labute approximate surface area is 204 Å². The molecule has 1 aliphatic rings. The van der Waals surface area contributed by atoms with E-state index < -0.39 is 21.1 Å². The van der Waals surface area contributed by atoms with Crippen molar-refractivity contribution in [1.82, 2.24) is 24.7 Å². The fraction of sp³-hybridized carbons (Fsp3) is 0.217.